The van der Waals surface area contributed by atoms with E-state index in [2.05, 4.69) is 102 Å². The van der Waals surface area contributed by atoms with Gasteiger partial charge in [-0.2, -0.15) is 0 Å². The molecule has 2 heterocycles. The molecule has 6 aromatic rings. The summed E-state index contributed by atoms with van der Waals surface area (Å²) in [4.78, 5) is 9.60. The van der Waals surface area contributed by atoms with Crippen LogP contribution in [0.2, 0.25) is 0 Å². The summed E-state index contributed by atoms with van der Waals surface area (Å²) >= 11 is 0. The monoisotopic (exact) mass is 382 g/mol. The molecular weight excluding hydrogens is 364 g/mol. The molecule has 0 aliphatic rings. The molecule has 0 spiro atoms. The van der Waals surface area contributed by atoms with Crippen molar-refractivity contribution in [3.05, 3.63) is 109 Å². The lowest BCUT2D eigenvalue weighted by molar-refractivity contribution is 1.29. The minimum Gasteiger partial charge on any atom is -0.237 e. The lowest BCUT2D eigenvalue weighted by Gasteiger charge is -2.15. The fourth-order valence-electron chi connectivity index (χ4n) is 4.31. The third-order valence-corrected chi connectivity index (χ3v) is 5.71. The number of nitrogens with zero attached hydrogens (tertiary/aromatic N) is 2. The SMILES string of the molecule is c1cnc2nc(-c3cccc4ccccc34)c(-c3cccc4ccccc34)cc2c1. The van der Waals surface area contributed by atoms with E-state index in [0.717, 1.165) is 27.9 Å². The zero-order valence-electron chi connectivity index (χ0n) is 16.3. The molecule has 0 fully saturated rings. The van der Waals surface area contributed by atoms with Crippen LogP contribution in [0.25, 0.3) is 55.0 Å². The summed E-state index contributed by atoms with van der Waals surface area (Å²) in [5.41, 5.74) is 5.18. The summed E-state index contributed by atoms with van der Waals surface area (Å²) in [6.07, 6.45) is 1.81. The molecule has 0 N–H and O–H groups in total. The van der Waals surface area contributed by atoms with Gasteiger partial charge in [-0.25, -0.2) is 9.97 Å². The summed E-state index contributed by atoms with van der Waals surface area (Å²) in [6, 6.07) is 36.2. The predicted molar refractivity (Wildman–Crippen MR) is 125 cm³/mol. The number of hydrogen-bond acceptors (Lipinski definition) is 2. The van der Waals surface area contributed by atoms with Gasteiger partial charge in [-0.3, -0.25) is 0 Å². The van der Waals surface area contributed by atoms with E-state index >= 15 is 0 Å². The number of fused-ring (bicyclic) bond motifs is 3. The van der Waals surface area contributed by atoms with Gasteiger partial charge < -0.3 is 0 Å². The third kappa shape index (κ3) is 2.66. The van der Waals surface area contributed by atoms with Gasteiger partial charge in [0, 0.05) is 22.7 Å². The molecule has 30 heavy (non-hydrogen) atoms. The highest BCUT2D eigenvalue weighted by Crippen LogP contribution is 2.39. The first-order valence-corrected chi connectivity index (χ1v) is 10.1. The molecule has 0 saturated heterocycles. The van der Waals surface area contributed by atoms with Gasteiger partial charge in [-0.15, -0.1) is 0 Å². The molecule has 0 atom stereocenters. The molecule has 0 unspecified atom stereocenters. The van der Waals surface area contributed by atoms with Crippen LogP contribution in [0, 0.1) is 0 Å². The fraction of sp³-hybridized carbons (Fsp3) is 0. The highest BCUT2D eigenvalue weighted by atomic mass is 14.8. The minimum absolute atomic E-state index is 0.768. The average molecular weight is 382 g/mol. The van der Waals surface area contributed by atoms with E-state index in [0.29, 0.717) is 0 Å². The maximum atomic E-state index is 5.07. The molecule has 6 rings (SSSR count). The first kappa shape index (κ1) is 16.9. The van der Waals surface area contributed by atoms with Crippen molar-refractivity contribution in [2.24, 2.45) is 0 Å². The van der Waals surface area contributed by atoms with Gasteiger partial charge >= 0.3 is 0 Å². The molecule has 0 saturated carbocycles. The Kier molecular flexibility index (Phi) is 3.82. The van der Waals surface area contributed by atoms with E-state index in [1.54, 1.807) is 6.20 Å². The molecule has 0 amide bonds. The third-order valence-electron chi connectivity index (χ3n) is 5.71. The average Bonchev–Trinajstić information content (AvgIpc) is 2.82. The van der Waals surface area contributed by atoms with Gasteiger partial charge in [0.25, 0.3) is 0 Å². The lowest BCUT2D eigenvalue weighted by Crippen LogP contribution is -1.94. The first-order chi connectivity index (χ1) is 14.9. The molecule has 140 valence electrons. The van der Waals surface area contributed by atoms with Crippen molar-refractivity contribution in [2.45, 2.75) is 0 Å². The van der Waals surface area contributed by atoms with Crippen molar-refractivity contribution < 1.29 is 0 Å². The summed E-state index contributed by atoms with van der Waals surface area (Å²) in [6.45, 7) is 0. The topological polar surface area (TPSA) is 25.8 Å². The Balaban J connectivity index is 1.76. The van der Waals surface area contributed by atoms with Crippen LogP contribution in [-0.4, -0.2) is 9.97 Å². The van der Waals surface area contributed by atoms with Crippen LogP contribution in [0.4, 0.5) is 0 Å². The summed E-state index contributed by atoms with van der Waals surface area (Å²) < 4.78 is 0. The molecule has 0 radical (unpaired) electrons. The zero-order valence-corrected chi connectivity index (χ0v) is 16.3. The molecule has 2 nitrogen and oxygen atoms in total. The van der Waals surface area contributed by atoms with Gasteiger partial charge in [-0.1, -0.05) is 84.9 Å². The maximum Gasteiger partial charge on any atom is 0.159 e. The van der Waals surface area contributed by atoms with Crippen LogP contribution in [0.1, 0.15) is 0 Å². The normalized spacial score (nSPS) is 11.3. The predicted octanol–water partition coefficient (Wildman–Crippen LogP) is 7.27. The Bertz CT molecular complexity index is 1420. The summed E-state index contributed by atoms with van der Waals surface area (Å²) in [5, 5.41) is 5.91. The van der Waals surface area contributed by atoms with Gasteiger partial charge in [0.1, 0.15) is 0 Å². The van der Waals surface area contributed by atoms with E-state index in [1.807, 2.05) is 6.07 Å². The van der Waals surface area contributed by atoms with Gasteiger partial charge in [0.05, 0.1) is 5.69 Å². The Hall–Kier alpha value is -4.04. The standard InChI is InChI=1S/C28H18N2/c1-3-13-22-19(8-1)10-5-15-24(22)26-18-21-12-7-17-29-28(21)30-27(26)25-16-6-11-20-9-2-4-14-23(20)25/h1-18H. The zero-order chi connectivity index (χ0) is 19.9. The van der Waals surface area contributed by atoms with Crippen LogP contribution in [0.3, 0.4) is 0 Å². The highest BCUT2D eigenvalue weighted by Gasteiger charge is 2.15. The van der Waals surface area contributed by atoms with E-state index in [1.165, 1.54) is 27.1 Å². The Labute approximate surface area is 174 Å². The number of benzene rings is 4. The van der Waals surface area contributed by atoms with Crippen LogP contribution >= 0.6 is 0 Å². The first-order valence-electron chi connectivity index (χ1n) is 10.1. The van der Waals surface area contributed by atoms with Crippen molar-refractivity contribution in [1.29, 1.82) is 0 Å². The largest absolute Gasteiger partial charge is 0.237 e. The van der Waals surface area contributed by atoms with Crippen molar-refractivity contribution >= 4 is 32.6 Å². The Morgan fingerprint density at radius 1 is 0.467 bits per heavy atom. The second-order valence-electron chi connectivity index (χ2n) is 7.49. The van der Waals surface area contributed by atoms with Crippen molar-refractivity contribution in [2.75, 3.05) is 0 Å². The van der Waals surface area contributed by atoms with Crippen LogP contribution in [-0.2, 0) is 0 Å². The number of rotatable bonds is 2. The quantitative estimate of drug-likeness (QED) is 0.315. The van der Waals surface area contributed by atoms with Crippen molar-refractivity contribution in [3.63, 3.8) is 0 Å². The molecule has 2 heteroatoms. The fourth-order valence-corrected chi connectivity index (χ4v) is 4.31. The number of hydrogen-bond donors (Lipinski definition) is 0. The van der Waals surface area contributed by atoms with Gasteiger partial charge in [-0.05, 0) is 45.3 Å². The molecule has 2 aromatic heterocycles. The number of aromatic nitrogens is 2. The van der Waals surface area contributed by atoms with E-state index in [4.69, 9.17) is 4.98 Å². The molecule has 0 aliphatic carbocycles. The van der Waals surface area contributed by atoms with Crippen LogP contribution in [0.5, 0.6) is 0 Å². The summed E-state index contributed by atoms with van der Waals surface area (Å²) in [7, 11) is 0. The molecule has 0 bridgehead atoms. The van der Waals surface area contributed by atoms with Crippen molar-refractivity contribution in [3.8, 4) is 22.4 Å². The summed E-state index contributed by atoms with van der Waals surface area (Å²) in [5.74, 6) is 0. The molecular formula is C28H18N2. The second-order valence-corrected chi connectivity index (χ2v) is 7.49. The highest BCUT2D eigenvalue weighted by molar-refractivity contribution is 6.05. The molecule has 0 aliphatic heterocycles. The smallest absolute Gasteiger partial charge is 0.159 e. The van der Waals surface area contributed by atoms with Gasteiger partial charge in [0.2, 0.25) is 0 Å². The van der Waals surface area contributed by atoms with E-state index < -0.39 is 0 Å². The Morgan fingerprint density at radius 2 is 1.07 bits per heavy atom. The van der Waals surface area contributed by atoms with Gasteiger partial charge in [0.15, 0.2) is 5.65 Å². The van der Waals surface area contributed by atoms with Crippen molar-refractivity contribution in [1.82, 2.24) is 9.97 Å². The van der Waals surface area contributed by atoms with E-state index in [9.17, 15) is 0 Å². The van der Waals surface area contributed by atoms with Crippen LogP contribution in [0.15, 0.2) is 109 Å². The number of pyridine rings is 2. The lowest BCUT2D eigenvalue weighted by atomic mass is 9.92. The Morgan fingerprint density at radius 3 is 1.83 bits per heavy atom. The molecule has 4 aromatic carbocycles. The van der Waals surface area contributed by atoms with E-state index in [-0.39, 0.29) is 0 Å². The van der Waals surface area contributed by atoms with Crippen LogP contribution < -0.4 is 0 Å². The maximum absolute atomic E-state index is 5.07. The minimum atomic E-state index is 0.768. The second kappa shape index (κ2) is 6.78.